The van der Waals surface area contributed by atoms with E-state index in [0.29, 0.717) is 0 Å². The van der Waals surface area contributed by atoms with Crippen molar-refractivity contribution in [2.45, 2.75) is 38.6 Å². The van der Waals surface area contributed by atoms with Crippen LogP contribution in [0.1, 0.15) is 35.2 Å². The summed E-state index contributed by atoms with van der Waals surface area (Å²) in [6.07, 6.45) is 0. The van der Waals surface area contributed by atoms with E-state index >= 15 is 0 Å². The van der Waals surface area contributed by atoms with Gasteiger partial charge < -0.3 is 0 Å². The summed E-state index contributed by atoms with van der Waals surface area (Å²) in [5.74, 6) is -0.690. The van der Waals surface area contributed by atoms with Crippen LogP contribution in [-0.2, 0) is 10.0 Å². The highest BCUT2D eigenvalue weighted by atomic mass is 32.2. The molecule has 1 unspecified atom stereocenters. The predicted molar refractivity (Wildman–Crippen MR) is 88.1 cm³/mol. The fourth-order valence-electron chi connectivity index (χ4n) is 2.41. The molecule has 1 aromatic heterocycles. The lowest BCUT2D eigenvalue weighted by Crippen LogP contribution is -2.32. The maximum Gasteiger partial charge on any atom is 0.244 e. The summed E-state index contributed by atoms with van der Waals surface area (Å²) in [5, 5.41) is 0. The van der Waals surface area contributed by atoms with Gasteiger partial charge in [0.25, 0.3) is 0 Å². The van der Waals surface area contributed by atoms with Crippen LogP contribution in [0, 0.1) is 25.6 Å². The van der Waals surface area contributed by atoms with Gasteiger partial charge in [-0.15, -0.1) is 11.3 Å². The van der Waals surface area contributed by atoms with E-state index in [1.54, 1.807) is 11.3 Å². The van der Waals surface area contributed by atoms with Crippen molar-refractivity contribution in [3.8, 4) is 0 Å². The first-order chi connectivity index (χ1) is 10.2. The van der Waals surface area contributed by atoms with Gasteiger partial charge in [0.05, 0.1) is 6.04 Å². The summed E-state index contributed by atoms with van der Waals surface area (Å²) in [4.78, 5) is 1.89. The fourth-order valence-corrected chi connectivity index (χ4v) is 4.83. The van der Waals surface area contributed by atoms with Gasteiger partial charge in [-0.25, -0.2) is 17.5 Å². The molecule has 0 saturated heterocycles. The number of hydrogen-bond donors (Lipinski definition) is 1. The molecule has 0 radical (unpaired) electrons. The van der Waals surface area contributed by atoms with Crippen LogP contribution in [-0.4, -0.2) is 8.42 Å². The van der Waals surface area contributed by atoms with Crippen LogP contribution in [0.3, 0.4) is 0 Å². The molecule has 2 aromatic rings. The van der Waals surface area contributed by atoms with Crippen molar-refractivity contribution >= 4 is 21.4 Å². The van der Waals surface area contributed by atoms with Crippen LogP contribution in [0.4, 0.5) is 4.39 Å². The predicted octanol–water partition coefficient (Wildman–Crippen LogP) is 4.18. The summed E-state index contributed by atoms with van der Waals surface area (Å²) in [7, 11) is -3.91. The molecule has 0 bridgehead atoms. The molecular weight excluding hydrogens is 321 g/mol. The van der Waals surface area contributed by atoms with Gasteiger partial charge in [-0.2, -0.15) is 0 Å². The molecule has 1 aromatic carbocycles. The number of halogens is 1. The van der Waals surface area contributed by atoms with Gasteiger partial charge >= 0.3 is 0 Å². The quantitative estimate of drug-likeness (QED) is 0.887. The van der Waals surface area contributed by atoms with E-state index in [1.807, 2.05) is 33.8 Å². The number of hydrogen-bond acceptors (Lipinski definition) is 3. The molecule has 1 N–H and O–H groups in total. The number of benzene rings is 1. The summed E-state index contributed by atoms with van der Waals surface area (Å²) in [5.41, 5.74) is 0.956. The minimum Gasteiger partial charge on any atom is -0.207 e. The van der Waals surface area contributed by atoms with E-state index in [2.05, 4.69) is 4.72 Å². The van der Waals surface area contributed by atoms with Crippen molar-refractivity contribution in [1.82, 2.24) is 4.72 Å². The van der Waals surface area contributed by atoms with Gasteiger partial charge in [-0.05, 0) is 43.5 Å². The highest BCUT2D eigenvalue weighted by molar-refractivity contribution is 7.89. The Morgan fingerprint density at radius 3 is 2.32 bits per heavy atom. The molecule has 0 aliphatic rings. The molecule has 3 nitrogen and oxygen atoms in total. The molecule has 6 heteroatoms. The molecular formula is C16H20FNO2S2. The maximum absolute atomic E-state index is 13.8. The standard InChI is InChI=1S/C16H20FNO2S2/c1-10(2)16(13-9-11(3)21-12(13)4)18-22(19,20)15-8-6-5-7-14(15)17/h5-10,16,18H,1-4H3. The Morgan fingerprint density at radius 1 is 1.18 bits per heavy atom. The molecule has 0 saturated carbocycles. The molecule has 0 amide bonds. The molecule has 0 aliphatic carbocycles. The first-order valence-electron chi connectivity index (χ1n) is 7.06. The molecule has 1 atom stereocenters. The lowest BCUT2D eigenvalue weighted by Gasteiger charge is -2.22. The molecule has 120 valence electrons. The Labute approximate surface area is 135 Å². The Morgan fingerprint density at radius 2 is 1.82 bits per heavy atom. The van der Waals surface area contributed by atoms with E-state index in [-0.39, 0.29) is 16.9 Å². The topological polar surface area (TPSA) is 46.2 Å². The van der Waals surface area contributed by atoms with E-state index in [0.717, 1.165) is 21.4 Å². The number of rotatable bonds is 5. The Hall–Kier alpha value is -1.24. The Kier molecular flexibility index (Phi) is 5.04. The molecule has 2 rings (SSSR count). The van der Waals surface area contributed by atoms with Crippen molar-refractivity contribution in [2.75, 3.05) is 0 Å². The van der Waals surface area contributed by atoms with Gasteiger partial charge in [0, 0.05) is 9.75 Å². The van der Waals surface area contributed by atoms with E-state index in [9.17, 15) is 12.8 Å². The first-order valence-corrected chi connectivity index (χ1v) is 9.36. The second-order valence-electron chi connectivity index (χ2n) is 5.64. The third kappa shape index (κ3) is 3.56. The van der Waals surface area contributed by atoms with Gasteiger partial charge in [-0.1, -0.05) is 26.0 Å². The van der Waals surface area contributed by atoms with Crippen LogP contribution < -0.4 is 4.72 Å². The fraction of sp³-hybridized carbons (Fsp3) is 0.375. The minimum absolute atomic E-state index is 0.0502. The molecule has 1 heterocycles. The number of aryl methyl sites for hydroxylation is 2. The van der Waals surface area contributed by atoms with Crippen molar-refractivity contribution in [3.05, 3.63) is 51.5 Å². The average Bonchev–Trinajstić information content (AvgIpc) is 2.75. The molecule has 0 aliphatic heterocycles. The van der Waals surface area contributed by atoms with Gasteiger partial charge in [0.1, 0.15) is 10.7 Å². The lowest BCUT2D eigenvalue weighted by molar-refractivity contribution is 0.460. The normalized spacial score (nSPS) is 13.5. The second kappa shape index (κ2) is 6.48. The third-order valence-corrected chi connectivity index (χ3v) is 5.95. The smallest absolute Gasteiger partial charge is 0.207 e. The van der Waals surface area contributed by atoms with Crippen LogP contribution in [0.5, 0.6) is 0 Å². The number of sulfonamides is 1. The highest BCUT2D eigenvalue weighted by Gasteiger charge is 2.27. The Bertz CT molecular complexity index is 766. The lowest BCUT2D eigenvalue weighted by atomic mass is 9.97. The van der Waals surface area contributed by atoms with E-state index in [4.69, 9.17) is 0 Å². The zero-order valence-corrected chi connectivity index (χ0v) is 14.7. The van der Waals surface area contributed by atoms with Crippen LogP contribution in [0.2, 0.25) is 0 Å². The third-order valence-electron chi connectivity index (χ3n) is 3.49. The van der Waals surface area contributed by atoms with E-state index in [1.165, 1.54) is 18.2 Å². The summed E-state index contributed by atoms with van der Waals surface area (Å²) >= 11 is 1.63. The van der Waals surface area contributed by atoms with Crippen molar-refractivity contribution in [1.29, 1.82) is 0 Å². The van der Waals surface area contributed by atoms with Crippen LogP contribution in [0.25, 0.3) is 0 Å². The Balaban J connectivity index is 2.40. The van der Waals surface area contributed by atoms with Gasteiger partial charge in [0.2, 0.25) is 10.0 Å². The van der Waals surface area contributed by atoms with Gasteiger partial charge in [0.15, 0.2) is 0 Å². The monoisotopic (exact) mass is 341 g/mol. The number of nitrogens with one attached hydrogen (secondary N) is 1. The number of thiophene rings is 1. The van der Waals surface area contributed by atoms with E-state index < -0.39 is 15.8 Å². The molecule has 0 fully saturated rings. The summed E-state index contributed by atoms with van der Waals surface area (Å²) < 4.78 is 41.5. The zero-order chi connectivity index (χ0) is 16.5. The summed E-state index contributed by atoms with van der Waals surface area (Å²) in [6, 6.07) is 7.03. The zero-order valence-electron chi connectivity index (χ0n) is 13.1. The highest BCUT2D eigenvalue weighted by Crippen LogP contribution is 2.32. The van der Waals surface area contributed by atoms with Crippen molar-refractivity contribution in [2.24, 2.45) is 5.92 Å². The molecule has 0 spiro atoms. The SMILES string of the molecule is Cc1cc(C(NS(=O)(=O)c2ccccc2F)C(C)C)c(C)s1. The second-order valence-corrected chi connectivity index (χ2v) is 8.78. The van der Waals surface area contributed by atoms with Crippen molar-refractivity contribution < 1.29 is 12.8 Å². The largest absolute Gasteiger partial charge is 0.244 e. The molecule has 22 heavy (non-hydrogen) atoms. The maximum atomic E-state index is 13.8. The van der Waals surface area contributed by atoms with Gasteiger partial charge in [-0.3, -0.25) is 0 Å². The minimum atomic E-state index is -3.91. The average molecular weight is 341 g/mol. The van der Waals surface area contributed by atoms with Crippen LogP contribution >= 0.6 is 11.3 Å². The summed E-state index contributed by atoms with van der Waals surface area (Å²) in [6.45, 7) is 7.85. The van der Waals surface area contributed by atoms with Crippen molar-refractivity contribution in [3.63, 3.8) is 0 Å². The van der Waals surface area contributed by atoms with Crippen LogP contribution in [0.15, 0.2) is 35.2 Å². The first kappa shape index (κ1) is 17.1.